The Hall–Kier alpha value is -3.12. The van der Waals surface area contributed by atoms with Crippen molar-refractivity contribution in [1.29, 1.82) is 0 Å². The highest BCUT2D eigenvalue weighted by atomic mass is 16.5. The van der Waals surface area contributed by atoms with E-state index in [4.69, 9.17) is 9.15 Å². The number of rotatable bonds is 3. The van der Waals surface area contributed by atoms with Crippen LogP contribution in [-0.2, 0) is 9.53 Å². The van der Waals surface area contributed by atoms with Gasteiger partial charge in [0.25, 0.3) is 5.91 Å². The number of ether oxygens (including phenoxy) is 1. The molecule has 2 aliphatic heterocycles. The molecule has 0 spiro atoms. The fourth-order valence-electron chi connectivity index (χ4n) is 4.48. The van der Waals surface area contributed by atoms with Gasteiger partial charge in [-0.25, -0.2) is 0 Å². The Bertz CT molecular complexity index is 1100. The molecule has 1 saturated heterocycles. The molecule has 1 fully saturated rings. The van der Waals surface area contributed by atoms with Gasteiger partial charge in [-0.15, -0.1) is 0 Å². The summed E-state index contributed by atoms with van der Waals surface area (Å²) in [4.78, 5) is 27.0. The predicted octanol–water partition coefficient (Wildman–Crippen LogP) is 3.39. The Kier molecular flexibility index (Phi) is 4.36. The number of carbonyl (C=O) groups excluding carboxylic acids is 2. The van der Waals surface area contributed by atoms with E-state index in [1.54, 1.807) is 6.26 Å². The van der Waals surface area contributed by atoms with E-state index in [1.165, 1.54) is 0 Å². The summed E-state index contributed by atoms with van der Waals surface area (Å²) in [6.07, 6.45) is 2.29. The SMILES string of the molecule is Cc1cccc2c(C(=O)N3CC(CC4COCC(=O)N4)c4ccccc43)coc12. The Morgan fingerprint density at radius 1 is 1.21 bits per heavy atom. The number of hydrogen-bond acceptors (Lipinski definition) is 4. The molecule has 5 rings (SSSR count). The van der Waals surface area contributed by atoms with E-state index in [9.17, 15) is 9.59 Å². The number of fused-ring (bicyclic) bond motifs is 2. The maximum absolute atomic E-state index is 13.5. The zero-order valence-electron chi connectivity index (χ0n) is 16.2. The summed E-state index contributed by atoms with van der Waals surface area (Å²) in [5.74, 6) is -0.00372. The summed E-state index contributed by atoms with van der Waals surface area (Å²) >= 11 is 0. The predicted molar refractivity (Wildman–Crippen MR) is 109 cm³/mol. The number of furan rings is 1. The zero-order valence-corrected chi connectivity index (χ0v) is 16.2. The molecule has 0 radical (unpaired) electrons. The van der Waals surface area contributed by atoms with Gasteiger partial charge in [0.1, 0.15) is 18.5 Å². The number of benzene rings is 2. The van der Waals surface area contributed by atoms with Gasteiger partial charge in [-0.1, -0.05) is 36.4 Å². The number of nitrogens with zero attached hydrogens (tertiary/aromatic N) is 1. The lowest BCUT2D eigenvalue weighted by molar-refractivity contribution is -0.131. The van der Waals surface area contributed by atoms with Gasteiger partial charge in [0.2, 0.25) is 5.91 Å². The normalized spacial score (nSPS) is 21.3. The molecular weight excluding hydrogens is 368 g/mol. The first-order valence-electron chi connectivity index (χ1n) is 9.86. The standard InChI is InChI=1S/C23H22N2O4/c1-14-5-4-7-18-19(12-29-22(14)18)23(27)25-10-15(17-6-2-3-8-20(17)25)9-16-11-28-13-21(26)24-16/h2-8,12,15-16H,9-11,13H2,1H3,(H,24,26). The number of para-hydroxylation sites is 2. The van der Waals surface area contributed by atoms with Crippen molar-refractivity contribution in [2.75, 3.05) is 24.7 Å². The van der Waals surface area contributed by atoms with Crippen LogP contribution in [-0.4, -0.2) is 37.6 Å². The molecule has 3 aromatic rings. The molecule has 29 heavy (non-hydrogen) atoms. The molecule has 3 heterocycles. The molecule has 0 saturated carbocycles. The van der Waals surface area contributed by atoms with Crippen LogP contribution in [0.4, 0.5) is 5.69 Å². The van der Waals surface area contributed by atoms with Crippen LogP contribution in [0.2, 0.25) is 0 Å². The average Bonchev–Trinajstić information content (AvgIpc) is 3.31. The lowest BCUT2D eigenvalue weighted by Crippen LogP contribution is -2.46. The molecule has 2 atom stereocenters. The van der Waals surface area contributed by atoms with Gasteiger partial charge < -0.3 is 19.4 Å². The molecule has 6 nitrogen and oxygen atoms in total. The van der Waals surface area contributed by atoms with Gasteiger partial charge >= 0.3 is 0 Å². The van der Waals surface area contributed by atoms with E-state index in [1.807, 2.05) is 48.2 Å². The highest BCUT2D eigenvalue weighted by molar-refractivity contribution is 6.14. The third kappa shape index (κ3) is 3.09. The largest absolute Gasteiger partial charge is 0.463 e. The molecule has 2 unspecified atom stereocenters. The summed E-state index contributed by atoms with van der Waals surface area (Å²) in [6, 6.07) is 13.8. The molecule has 6 heteroatoms. The van der Waals surface area contributed by atoms with Crippen LogP contribution in [0.5, 0.6) is 0 Å². The minimum absolute atomic E-state index is 0.0400. The van der Waals surface area contributed by atoms with Crippen molar-refractivity contribution in [3.05, 3.63) is 65.4 Å². The van der Waals surface area contributed by atoms with Crippen LogP contribution in [0.25, 0.3) is 11.0 Å². The van der Waals surface area contributed by atoms with E-state index in [-0.39, 0.29) is 30.4 Å². The molecule has 2 aromatic carbocycles. The van der Waals surface area contributed by atoms with E-state index in [2.05, 4.69) is 11.4 Å². The van der Waals surface area contributed by atoms with Crippen molar-refractivity contribution < 1.29 is 18.7 Å². The fraction of sp³-hybridized carbons (Fsp3) is 0.304. The van der Waals surface area contributed by atoms with Crippen molar-refractivity contribution in [2.24, 2.45) is 0 Å². The Labute approximate surface area is 168 Å². The summed E-state index contributed by atoms with van der Waals surface area (Å²) in [5.41, 5.74) is 4.39. The minimum atomic E-state index is -0.0827. The molecule has 148 valence electrons. The highest BCUT2D eigenvalue weighted by Gasteiger charge is 2.35. The van der Waals surface area contributed by atoms with Gasteiger partial charge in [0.05, 0.1) is 18.2 Å². The first-order chi connectivity index (χ1) is 14.1. The first-order valence-corrected chi connectivity index (χ1v) is 9.86. The maximum Gasteiger partial charge on any atom is 0.262 e. The summed E-state index contributed by atoms with van der Waals surface area (Å²) in [5, 5.41) is 3.83. The first kappa shape index (κ1) is 17.9. The lowest BCUT2D eigenvalue weighted by atomic mass is 9.94. The summed E-state index contributed by atoms with van der Waals surface area (Å²) in [7, 11) is 0. The third-order valence-corrected chi connectivity index (χ3v) is 5.83. The van der Waals surface area contributed by atoms with Gasteiger partial charge in [-0.2, -0.15) is 0 Å². The Morgan fingerprint density at radius 3 is 2.93 bits per heavy atom. The third-order valence-electron chi connectivity index (χ3n) is 5.83. The van der Waals surface area contributed by atoms with Gasteiger partial charge in [-0.05, 0) is 30.5 Å². The second kappa shape index (κ2) is 7.04. The summed E-state index contributed by atoms with van der Waals surface area (Å²) < 4.78 is 11.1. The number of amides is 2. The van der Waals surface area contributed by atoms with Crippen molar-refractivity contribution in [2.45, 2.75) is 25.3 Å². The monoisotopic (exact) mass is 390 g/mol. The lowest BCUT2D eigenvalue weighted by Gasteiger charge is -2.26. The number of nitrogens with one attached hydrogen (secondary N) is 1. The number of carbonyl (C=O) groups is 2. The molecular formula is C23H22N2O4. The topological polar surface area (TPSA) is 71.8 Å². The van der Waals surface area contributed by atoms with Crippen LogP contribution in [0.1, 0.15) is 33.8 Å². The van der Waals surface area contributed by atoms with Crippen LogP contribution >= 0.6 is 0 Å². The number of hydrogen-bond donors (Lipinski definition) is 1. The maximum atomic E-state index is 13.5. The smallest absolute Gasteiger partial charge is 0.262 e. The summed E-state index contributed by atoms with van der Waals surface area (Å²) in [6.45, 7) is 3.17. The molecule has 0 aliphatic carbocycles. The van der Waals surface area contributed by atoms with Gasteiger partial charge in [0.15, 0.2) is 0 Å². The van der Waals surface area contributed by atoms with Crippen LogP contribution in [0.3, 0.4) is 0 Å². The highest BCUT2D eigenvalue weighted by Crippen LogP contribution is 2.40. The number of morpholine rings is 1. The van der Waals surface area contributed by atoms with Gasteiger partial charge in [-0.3, -0.25) is 9.59 Å². The van der Waals surface area contributed by atoms with Gasteiger partial charge in [0, 0.05) is 23.5 Å². The van der Waals surface area contributed by atoms with Crippen molar-refractivity contribution in [1.82, 2.24) is 5.32 Å². The van der Waals surface area contributed by atoms with Crippen molar-refractivity contribution in [3.63, 3.8) is 0 Å². The molecule has 1 N–H and O–H groups in total. The zero-order chi connectivity index (χ0) is 20.0. The van der Waals surface area contributed by atoms with E-state index >= 15 is 0 Å². The Morgan fingerprint density at radius 2 is 2.07 bits per heavy atom. The van der Waals surface area contributed by atoms with Crippen molar-refractivity contribution >= 4 is 28.5 Å². The molecule has 1 aromatic heterocycles. The number of anilines is 1. The second-order valence-electron chi connectivity index (χ2n) is 7.79. The van der Waals surface area contributed by atoms with Crippen LogP contribution in [0, 0.1) is 6.92 Å². The Balaban J connectivity index is 1.45. The average molecular weight is 390 g/mol. The van der Waals surface area contributed by atoms with E-state index < -0.39 is 0 Å². The quantitative estimate of drug-likeness (QED) is 0.744. The number of aryl methyl sites for hydroxylation is 1. The van der Waals surface area contributed by atoms with Crippen LogP contribution in [0.15, 0.2) is 53.1 Å². The second-order valence-corrected chi connectivity index (χ2v) is 7.79. The van der Waals surface area contributed by atoms with E-state index in [0.29, 0.717) is 18.7 Å². The molecule has 0 bridgehead atoms. The molecule has 2 amide bonds. The molecule has 2 aliphatic rings. The van der Waals surface area contributed by atoms with E-state index in [0.717, 1.165) is 34.2 Å². The van der Waals surface area contributed by atoms with Crippen LogP contribution < -0.4 is 10.2 Å². The minimum Gasteiger partial charge on any atom is -0.463 e. The van der Waals surface area contributed by atoms with Crippen molar-refractivity contribution in [3.8, 4) is 0 Å². The fourth-order valence-corrected chi connectivity index (χ4v) is 4.48.